The Morgan fingerprint density at radius 2 is 2.00 bits per heavy atom. The molecule has 9 heteroatoms. The predicted molar refractivity (Wildman–Crippen MR) is 94.5 cm³/mol. The average molecular weight is 428 g/mol. The zero-order valence-corrected chi connectivity index (χ0v) is 15.3. The lowest BCUT2D eigenvalue weighted by atomic mass is 10.2. The molecule has 0 amide bonds. The van der Waals surface area contributed by atoms with Gasteiger partial charge in [0.25, 0.3) is 0 Å². The number of nitrogens with zero attached hydrogens (tertiary/aromatic N) is 2. The number of rotatable bonds is 3. The summed E-state index contributed by atoms with van der Waals surface area (Å²) >= 11 is 2.96. The fourth-order valence-corrected chi connectivity index (χ4v) is 3.07. The van der Waals surface area contributed by atoms with Crippen molar-refractivity contribution in [3.63, 3.8) is 0 Å². The summed E-state index contributed by atoms with van der Waals surface area (Å²) in [6, 6.07) is 8.91. The Morgan fingerprint density at radius 1 is 1.27 bits per heavy atom. The molecule has 0 spiro atoms. The van der Waals surface area contributed by atoms with Crippen LogP contribution in [0.4, 0.5) is 24.8 Å². The predicted octanol–water partition coefficient (Wildman–Crippen LogP) is 4.88. The summed E-state index contributed by atoms with van der Waals surface area (Å²) in [6.07, 6.45) is -4.48. The number of alkyl halides is 3. The molecule has 0 radical (unpaired) electrons. The number of ether oxygens (including phenoxy) is 1. The fraction of sp³-hybridized carbons (Fsp3) is 0.176. The lowest BCUT2D eigenvalue weighted by Crippen LogP contribution is -2.06. The lowest BCUT2D eigenvalue weighted by Gasteiger charge is -2.09. The van der Waals surface area contributed by atoms with E-state index in [0.717, 1.165) is 6.07 Å². The van der Waals surface area contributed by atoms with Crippen molar-refractivity contribution in [3.8, 4) is 0 Å². The van der Waals surface area contributed by atoms with Crippen molar-refractivity contribution in [2.75, 3.05) is 12.4 Å². The van der Waals surface area contributed by atoms with Crippen molar-refractivity contribution in [1.29, 1.82) is 0 Å². The number of hydrogen-bond acceptors (Lipinski definition) is 4. The van der Waals surface area contributed by atoms with Crippen LogP contribution < -0.4 is 5.32 Å². The van der Waals surface area contributed by atoms with E-state index in [4.69, 9.17) is 0 Å². The topological polar surface area (TPSA) is 56.1 Å². The first-order valence-corrected chi connectivity index (χ1v) is 8.18. The number of nitrogens with one attached hydrogen (secondary N) is 1. The number of methoxy groups -OCH3 is 1. The van der Waals surface area contributed by atoms with Gasteiger partial charge in [-0.1, -0.05) is 22.0 Å². The number of hydrogen-bond donors (Lipinski definition) is 1. The molecule has 0 fully saturated rings. The van der Waals surface area contributed by atoms with E-state index in [-0.39, 0.29) is 9.99 Å². The average Bonchev–Trinajstić information content (AvgIpc) is 2.88. The van der Waals surface area contributed by atoms with Gasteiger partial charge in [-0.3, -0.25) is 0 Å². The number of benzene rings is 2. The number of carbonyl (C=O) groups excluding carboxylic acids is 1. The molecule has 0 aliphatic rings. The third kappa shape index (κ3) is 3.39. The summed E-state index contributed by atoms with van der Waals surface area (Å²) in [5.41, 5.74) is 0.841. The molecule has 0 saturated heterocycles. The van der Waals surface area contributed by atoms with E-state index < -0.39 is 17.7 Å². The van der Waals surface area contributed by atoms with Gasteiger partial charge in [-0.05, 0) is 30.3 Å². The Morgan fingerprint density at radius 3 is 2.65 bits per heavy atom. The van der Waals surface area contributed by atoms with Crippen molar-refractivity contribution >= 4 is 44.6 Å². The first kappa shape index (κ1) is 18.2. The molecule has 26 heavy (non-hydrogen) atoms. The van der Waals surface area contributed by atoms with Crippen LogP contribution in [0.15, 0.2) is 40.9 Å². The fourth-order valence-electron chi connectivity index (χ4n) is 2.51. The Bertz CT molecular complexity index is 999. The Balaban J connectivity index is 2.01. The molecular formula is C17H13BrF3N3O2. The van der Waals surface area contributed by atoms with Crippen molar-refractivity contribution in [2.45, 2.75) is 6.18 Å². The Kier molecular flexibility index (Phi) is 4.66. The van der Waals surface area contributed by atoms with Crippen LogP contribution in [0.3, 0.4) is 0 Å². The third-order valence-electron chi connectivity index (χ3n) is 3.81. The first-order valence-electron chi connectivity index (χ1n) is 7.39. The second-order valence-electron chi connectivity index (χ2n) is 5.51. The summed E-state index contributed by atoms with van der Waals surface area (Å²) in [6.45, 7) is 0. The van der Waals surface area contributed by atoms with Gasteiger partial charge in [-0.25, -0.2) is 9.78 Å². The summed E-state index contributed by atoms with van der Waals surface area (Å²) in [7, 11) is 2.96. The highest BCUT2D eigenvalue weighted by Gasteiger charge is 2.33. The van der Waals surface area contributed by atoms with Crippen LogP contribution in [-0.2, 0) is 18.0 Å². The molecule has 2 aromatic carbocycles. The van der Waals surface area contributed by atoms with Gasteiger partial charge in [-0.2, -0.15) is 13.2 Å². The lowest BCUT2D eigenvalue weighted by molar-refractivity contribution is -0.138. The number of aryl methyl sites for hydroxylation is 1. The number of esters is 1. The maximum atomic E-state index is 13.1. The van der Waals surface area contributed by atoms with E-state index >= 15 is 0 Å². The van der Waals surface area contributed by atoms with Gasteiger partial charge in [0.15, 0.2) is 0 Å². The molecule has 0 aliphatic carbocycles. The van der Waals surface area contributed by atoms with E-state index in [9.17, 15) is 18.0 Å². The van der Waals surface area contributed by atoms with E-state index in [1.54, 1.807) is 35.9 Å². The normalized spacial score (nSPS) is 11.6. The quantitative estimate of drug-likeness (QED) is 0.604. The number of imidazole rings is 1. The van der Waals surface area contributed by atoms with Crippen LogP contribution in [0.5, 0.6) is 0 Å². The number of fused-ring (bicyclic) bond motifs is 1. The molecular weight excluding hydrogens is 415 g/mol. The smallest absolute Gasteiger partial charge is 0.417 e. The maximum Gasteiger partial charge on any atom is 0.417 e. The van der Waals surface area contributed by atoms with Gasteiger partial charge in [0.1, 0.15) is 0 Å². The van der Waals surface area contributed by atoms with Crippen molar-refractivity contribution in [3.05, 3.63) is 52.0 Å². The minimum atomic E-state index is -4.48. The highest BCUT2D eigenvalue weighted by atomic mass is 79.9. The summed E-state index contributed by atoms with van der Waals surface area (Å²) in [4.78, 5) is 15.8. The van der Waals surface area contributed by atoms with Crippen molar-refractivity contribution < 1.29 is 22.7 Å². The van der Waals surface area contributed by atoms with Gasteiger partial charge in [0.2, 0.25) is 5.95 Å². The van der Waals surface area contributed by atoms with Gasteiger partial charge < -0.3 is 14.6 Å². The first-order chi connectivity index (χ1) is 12.2. The van der Waals surface area contributed by atoms with Crippen molar-refractivity contribution in [1.82, 2.24) is 9.55 Å². The van der Waals surface area contributed by atoms with E-state index in [0.29, 0.717) is 22.7 Å². The molecule has 3 aromatic rings. The zero-order valence-electron chi connectivity index (χ0n) is 13.7. The maximum absolute atomic E-state index is 13.1. The molecule has 3 rings (SSSR count). The van der Waals surface area contributed by atoms with Crippen LogP contribution in [-0.4, -0.2) is 22.6 Å². The molecule has 0 atom stereocenters. The molecule has 0 unspecified atom stereocenters. The molecule has 0 aliphatic heterocycles. The molecule has 0 bridgehead atoms. The third-order valence-corrected chi connectivity index (χ3v) is 4.47. The highest BCUT2D eigenvalue weighted by Crippen LogP contribution is 2.37. The van der Waals surface area contributed by atoms with Gasteiger partial charge in [-0.15, -0.1) is 0 Å². The molecule has 136 valence electrons. The Labute approximate surface area is 154 Å². The van der Waals surface area contributed by atoms with Gasteiger partial charge in [0, 0.05) is 17.2 Å². The SMILES string of the molecule is COC(=O)c1cccc(Nc2nc3cc(C(F)(F)F)c(Br)cc3n2C)c1. The Hall–Kier alpha value is -2.55. The minimum Gasteiger partial charge on any atom is -0.465 e. The van der Waals surface area contributed by atoms with Gasteiger partial charge >= 0.3 is 12.1 Å². The number of carbonyl (C=O) groups is 1. The molecule has 5 nitrogen and oxygen atoms in total. The molecule has 1 aromatic heterocycles. The van der Waals surface area contributed by atoms with E-state index in [1.807, 2.05) is 0 Å². The van der Waals surface area contributed by atoms with Crippen LogP contribution in [0.25, 0.3) is 11.0 Å². The van der Waals surface area contributed by atoms with Crippen LogP contribution in [0.1, 0.15) is 15.9 Å². The summed E-state index contributed by atoms with van der Waals surface area (Å²) in [5, 5.41) is 3.01. The van der Waals surface area contributed by atoms with E-state index in [1.165, 1.54) is 13.2 Å². The largest absolute Gasteiger partial charge is 0.465 e. The van der Waals surface area contributed by atoms with Crippen LogP contribution in [0.2, 0.25) is 0 Å². The van der Waals surface area contributed by atoms with Crippen LogP contribution >= 0.6 is 15.9 Å². The minimum absolute atomic E-state index is 0.0558. The molecule has 1 N–H and O–H groups in total. The number of aromatic nitrogens is 2. The zero-order chi connectivity index (χ0) is 19.1. The van der Waals surface area contributed by atoms with E-state index in [2.05, 4.69) is 31.0 Å². The van der Waals surface area contributed by atoms with Crippen LogP contribution in [0, 0.1) is 0 Å². The number of anilines is 2. The monoisotopic (exact) mass is 427 g/mol. The number of halogens is 4. The molecule has 0 saturated carbocycles. The van der Waals surface area contributed by atoms with Crippen molar-refractivity contribution in [2.24, 2.45) is 7.05 Å². The second-order valence-corrected chi connectivity index (χ2v) is 6.36. The second kappa shape index (κ2) is 6.64. The summed E-state index contributed by atoms with van der Waals surface area (Å²) in [5.74, 6) is -0.148. The molecule has 1 heterocycles. The highest BCUT2D eigenvalue weighted by molar-refractivity contribution is 9.10. The summed E-state index contributed by atoms with van der Waals surface area (Å²) < 4.78 is 45.4. The van der Waals surface area contributed by atoms with Gasteiger partial charge in [0.05, 0.1) is 29.3 Å². The standard InChI is InChI=1S/C17H13BrF3N3O2/c1-24-14-8-12(18)11(17(19,20)21)7-13(14)23-16(24)22-10-5-3-4-9(6-10)15(25)26-2/h3-8H,1-2H3,(H,22,23).